The minimum atomic E-state index is -4.65. The van der Waals surface area contributed by atoms with Crippen LogP contribution >= 0.6 is 0 Å². The first-order valence-corrected chi connectivity index (χ1v) is 17.3. The van der Waals surface area contributed by atoms with Crippen LogP contribution in [0.15, 0.2) is 49.5 Å². The molecular weight excluding hydrogens is 664 g/mol. The van der Waals surface area contributed by atoms with E-state index in [4.69, 9.17) is 14.2 Å². The van der Waals surface area contributed by atoms with Crippen molar-refractivity contribution in [1.82, 2.24) is 25.2 Å². The van der Waals surface area contributed by atoms with Crippen molar-refractivity contribution in [3.05, 3.63) is 55.3 Å². The number of hydrogen-bond donors (Lipinski definition) is 3. The number of methoxy groups -OCH3 is 1. The van der Waals surface area contributed by atoms with Crippen molar-refractivity contribution in [3.8, 4) is 11.6 Å². The van der Waals surface area contributed by atoms with Gasteiger partial charge in [-0.15, -0.1) is 6.58 Å². The number of aromatic nitrogens is 1. The molecule has 16 heteroatoms. The molecule has 49 heavy (non-hydrogen) atoms. The molecule has 3 amide bonds. The highest BCUT2D eigenvalue weighted by atomic mass is 32.2. The molecule has 266 valence electrons. The standard InChI is InChI=1S/C33H41F2N5O8S/c1-8-21-16-33(21,30(43)39-49(44,45)32(35)10-11-32)38-27(41)25-14-22(17-40(25)29(42)18(2)37-19(3)48-31(4,5)6)47-28-23-15-24(34)26(46-7)13-20(23)9-12-36-28/h8-9,12-13,15,18,21-22,25,37H,1,3,10-11,14,16-17H2,2,4-7H3,(H,38,41)(H,39,43)/t18-,21+,22+,25-,33+/m0/s1. The summed E-state index contributed by atoms with van der Waals surface area (Å²) >= 11 is 0. The normalized spacial score (nSPS) is 24.7. The van der Waals surface area contributed by atoms with E-state index >= 15 is 0 Å². The Morgan fingerprint density at radius 1 is 1.22 bits per heavy atom. The topological polar surface area (TPSA) is 165 Å². The molecule has 2 heterocycles. The lowest BCUT2D eigenvalue weighted by atomic mass is 10.1. The van der Waals surface area contributed by atoms with E-state index in [0.29, 0.717) is 10.8 Å². The Kier molecular flexibility index (Phi) is 9.34. The summed E-state index contributed by atoms with van der Waals surface area (Å²) in [5.41, 5.74) is -2.33. The van der Waals surface area contributed by atoms with Crippen molar-refractivity contribution in [2.75, 3.05) is 13.7 Å². The molecule has 2 aliphatic carbocycles. The maximum Gasteiger partial charge on any atom is 0.270 e. The van der Waals surface area contributed by atoms with Gasteiger partial charge in [-0.25, -0.2) is 26.9 Å². The zero-order valence-corrected chi connectivity index (χ0v) is 28.8. The van der Waals surface area contributed by atoms with Crippen LogP contribution in [0.1, 0.15) is 53.4 Å². The lowest BCUT2D eigenvalue weighted by Gasteiger charge is -2.30. The van der Waals surface area contributed by atoms with Crippen LogP contribution in [0.2, 0.25) is 0 Å². The summed E-state index contributed by atoms with van der Waals surface area (Å²) in [5.74, 6) is -3.47. The number of alkyl halides is 1. The molecule has 2 aromatic rings. The molecule has 13 nitrogen and oxygen atoms in total. The monoisotopic (exact) mass is 705 g/mol. The predicted octanol–water partition coefficient (Wildman–Crippen LogP) is 2.96. The van der Waals surface area contributed by atoms with Crippen LogP contribution in [0.4, 0.5) is 8.78 Å². The third-order valence-corrected chi connectivity index (χ3v) is 10.5. The van der Waals surface area contributed by atoms with Gasteiger partial charge in [-0.05, 0) is 64.3 Å². The average Bonchev–Trinajstić information content (AvgIpc) is 3.90. The second-order valence-corrected chi connectivity index (χ2v) is 15.6. The van der Waals surface area contributed by atoms with E-state index in [1.807, 2.05) is 20.8 Å². The van der Waals surface area contributed by atoms with E-state index < -0.39 is 73.8 Å². The number of hydrogen-bond acceptors (Lipinski definition) is 10. The van der Waals surface area contributed by atoms with Gasteiger partial charge >= 0.3 is 0 Å². The summed E-state index contributed by atoms with van der Waals surface area (Å²) in [4.78, 5) is 46.7. The van der Waals surface area contributed by atoms with Gasteiger partial charge in [-0.2, -0.15) is 0 Å². The fourth-order valence-electron chi connectivity index (χ4n) is 5.89. The van der Waals surface area contributed by atoms with Gasteiger partial charge in [0, 0.05) is 36.8 Å². The van der Waals surface area contributed by atoms with Crippen LogP contribution in [0.3, 0.4) is 0 Å². The summed E-state index contributed by atoms with van der Waals surface area (Å²) in [6.07, 6.45) is 1.50. The highest BCUT2D eigenvalue weighted by molar-refractivity contribution is 7.91. The van der Waals surface area contributed by atoms with E-state index in [9.17, 15) is 31.6 Å². The highest BCUT2D eigenvalue weighted by Crippen LogP contribution is 2.48. The number of pyridine rings is 1. The van der Waals surface area contributed by atoms with E-state index in [0.717, 1.165) is 0 Å². The summed E-state index contributed by atoms with van der Waals surface area (Å²) < 4.78 is 72.9. The van der Waals surface area contributed by atoms with Crippen LogP contribution < -0.4 is 24.8 Å². The molecule has 3 aliphatic rings. The van der Waals surface area contributed by atoms with Crippen molar-refractivity contribution in [2.45, 2.75) is 87.7 Å². The SMILES string of the molecule is C=C[C@@H]1C[C@]1(NC(=O)[C@@H]1C[C@@H](Oc2nccc3cc(OC)c(F)cc23)CN1C(=O)[C@H](C)NC(=C)OC(C)(C)C)C(=O)NS(=O)(=O)C1(F)CC1. The quantitative estimate of drug-likeness (QED) is 0.209. The van der Waals surface area contributed by atoms with Gasteiger partial charge in [-0.1, -0.05) is 6.08 Å². The number of amides is 3. The third kappa shape index (κ3) is 7.28. The molecule has 2 saturated carbocycles. The highest BCUT2D eigenvalue weighted by Gasteiger charge is 2.64. The van der Waals surface area contributed by atoms with Crippen LogP contribution in [-0.2, 0) is 29.1 Å². The number of nitrogens with zero attached hydrogens (tertiary/aromatic N) is 2. The number of halogens is 2. The Morgan fingerprint density at radius 2 is 1.92 bits per heavy atom. The molecule has 3 fully saturated rings. The van der Waals surface area contributed by atoms with E-state index in [1.165, 1.54) is 36.4 Å². The minimum Gasteiger partial charge on any atom is -0.494 e. The zero-order chi connectivity index (χ0) is 36.1. The molecule has 1 aromatic carbocycles. The Labute approximate surface area is 283 Å². The summed E-state index contributed by atoms with van der Waals surface area (Å²) in [6.45, 7) is 14.4. The van der Waals surface area contributed by atoms with Gasteiger partial charge in [0.25, 0.3) is 15.9 Å². The molecule has 3 N–H and O–H groups in total. The van der Waals surface area contributed by atoms with E-state index in [-0.39, 0.29) is 49.7 Å². The van der Waals surface area contributed by atoms with Crippen LogP contribution in [0.5, 0.6) is 11.6 Å². The molecule has 1 aromatic heterocycles. The molecular formula is C33H41F2N5O8S. The number of benzene rings is 1. The van der Waals surface area contributed by atoms with Gasteiger partial charge in [0.1, 0.15) is 29.3 Å². The number of carbonyl (C=O) groups is 3. The lowest BCUT2D eigenvalue weighted by Crippen LogP contribution is -2.58. The molecule has 0 spiro atoms. The van der Waals surface area contributed by atoms with Crippen molar-refractivity contribution in [2.24, 2.45) is 5.92 Å². The van der Waals surface area contributed by atoms with Gasteiger partial charge in [0.2, 0.25) is 22.7 Å². The van der Waals surface area contributed by atoms with Crippen molar-refractivity contribution < 1.29 is 45.8 Å². The van der Waals surface area contributed by atoms with Crippen molar-refractivity contribution >= 4 is 38.5 Å². The second-order valence-electron chi connectivity index (χ2n) is 13.6. The lowest BCUT2D eigenvalue weighted by molar-refractivity contribution is -0.141. The number of carbonyl (C=O) groups excluding carboxylic acids is 3. The molecule has 0 unspecified atom stereocenters. The molecule has 0 radical (unpaired) electrons. The Hall–Kier alpha value is -4.47. The van der Waals surface area contributed by atoms with Gasteiger partial charge in [0.15, 0.2) is 17.4 Å². The smallest absolute Gasteiger partial charge is 0.270 e. The fourth-order valence-corrected chi connectivity index (χ4v) is 7.14. The summed E-state index contributed by atoms with van der Waals surface area (Å²) in [7, 11) is -3.31. The predicted molar refractivity (Wildman–Crippen MR) is 175 cm³/mol. The van der Waals surface area contributed by atoms with Crippen LogP contribution in [0.25, 0.3) is 10.8 Å². The van der Waals surface area contributed by atoms with Crippen LogP contribution in [0, 0.1) is 11.7 Å². The first-order valence-electron chi connectivity index (χ1n) is 15.8. The van der Waals surface area contributed by atoms with Crippen molar-refractivity contribution in [3.63, 3.8) is 0 Å². The van der Waals surface area contributed by atoms with Gasteiger partial charge in [-0.3, -0.25) is 14.4 Å². The maximum atomic E-state index is 14.7. The summed E-state index contributed by atoms with van der Waals surface area (Å²) in [6, 6.07) is 2.23. The Bertz CT molecular complexity index is 1810. The van der Waals surface area contributed by atoms with Gasteiger partial charge in [0.05, 0.1) is 13.7 Å². The molecule has 5 rings (SSSR count). The summed E-state index contributed by atoms with van der Waals surface area (Å²) in [5, 5.41) is 3.90. The number of ether oxygens (including phenoxy) is 3. The number of sulfonamides is 1. The number of fused-ring (bicyclic) bond motifs is 1. The van der Waals surface area contributed by atoms with E-state index in [1.54, 1.807) is 17.7 Å². The average molecular weight is 706 g/mol. The largest absolute Gasteiger partial charge is 0.494 e. The first-order chi connectivity index (χ1) is 22.8. The number of nitrogens with one attached hydrogen (secondary N) is 3. The maximum absolute atomic E-state index is 14.7. The third-order valence-electron chi connectivity index (χ3n) is 8.71. The molecule has 5 atom stereocenters. The van der Waals surface area contributed by atoms with E-state index in [2.05, 4.69) is 28.8 Å². The van der Waals surface area contributed by atoms with Gasteiger partial charge < -0.3 is 29.7 Å². The van der Waals surface area contributed by atoms with Crippen LogP contribution in [-0.4, -0.2) is 84.0 Å². The fraction of sp³-hybridized carbons (Fsp3) is 0.515. The number of rotatable bonds is 13. The second kappa shape index (κ2) is 12.8. The Balaban J connectivity index is 1.40. The van der Waals surface area contributed by atoms with Crippen molar-refractivity contribution in [1.29, 1.82) is 0 Å². The Morgan fingerprint density at radius 3 is 2.51 bits per heavy atom. The molecule has 0 bridgehead atoms. The molecule has 1 aliphatic heterocycles. The first kappa shape index (κ1) is 35.8. The molecule has 1 saturated heterocycles. The zero-order valence-electron chi connectivity index (χ0n) is 28.0. The number of likely N-dealkylation sites (tertiary alicyclic amines) is 1. The minimum absolute atomic E-state index is 0.0142.